The molecular weight excluding hydrogens is 226 g/mol. The van der Waals surface area contributed by atoms with E-state index in [0.717, 1.165) is 18.1 Å². The molecule has 0 aromatic heterocycles. The molecule has 0 amide bonds. The van der Waals surface area contributed by atoms with Crippen molar-refractivity contribution < 1.29 is 9.84 Å². The quantitative estimate of drug-likeness (QED) is 0.780. The summed E-state index contributed by atoms with van der Waals surface area (Å²) in [6, 6.07) is 8.94. The highest BCUT2D eigenvalue weighted by Crippen LogP contribution is 2.35. The molecule has 1 aliphatic carbocycles. The molecule has 18 heavy (non-hydrogen) atoms. The Morgan fingerprint density at radius 2 is 2.00 bits per heavy atom. The molecule has 0 heterocycles. The van der Waals surface area contributed by atoms with E-state index >= 15 is 0 Å². The van der Waals surface area contributed by atoms with Gasteiger partial charge in [-0.05, 0) is 49.8 Å². The lowest BCUT2D eigenvalue weighted by atomic mass is 10.0. The molecule has 3 heteroatoms. The Hall–Kier alpha value is -1.06. The van der Waals surface area contributed by atoms with Crippen LogP contribution in [0.4, 0.5) is 0 Å². The molecule has 2 atom stereocenters. The molecule has 0 spiro atoms. The van der Waals surface area contributed by atoms with Gasteiger partial charge < -0.3 is 15.2 Å². The summed E-state index contributed by atoms with van der Waals surface area (Å²) < 4.78 is 5.16. The summed E-state index contributed by atoms with van der Waals surface area (Å²) in [7, 11) is 1.68. The van der Waals surface area contributed by atoms with Crippen molar-refractivity contribution in [2.45, 2.75) is 38.3 Å². The summed E-state index contributed by atoms with van der Waals surface area (Å²) in [5.74, 6) is 1.65. The van der Waals surface area contributed by atoms with Crippen molar-refractivity contribution in [2.24, 2.45) is 5.92 Å². The van der Waals surface area contributed by atoms with E-state index in [1.165, 1.54) is 18.4 Å². The lowest BCUT2D eigenvalue weighted by molar-refractivity contribution is 0.250. The van der Waals surface area contributed by atoms with E-state index in [0.29, 0.717) is 12.1 Å². The third-order valence-corrected chi connectivity index (χ3v) is 3.71. The molecule has 2 N–H and O–H groups in total. The molecule has 1 aromatic carbocycles. The highest BCUT2D eigenvalue weighted by molar-refractivity contribution is 5.28. The number of aliphatic hydroxyl groups is 1. The van der Waals surface area contributed by atoms with Crippen LogP contribution < -0.4 is 10.1 Å². The molecule has 1 aliphatic rings. The van der Waals surface area contributed by atoms with E-state index < -0.39 is 0 Å². The summed E-state index contributed by atoms with van der Waals surface area (Å²) in [5.41, 5.74) is 1.26. The second-order valence-corrected chi connectivity index (χ2v) is 5.12. The van der Waals surface area contributed by atoms with Crippen LogP contribution in [-0.4, -0.2) is 24.9 Å². The summed E-state index contributed by atoms with van der Waals surface area (Å²) >= 11 is 0. The zero-order valence-corrected chi connectivity index (χ0v) is 11.2. The summed E-state index contributed by atoms with van der Waals surface area (Å²) in [4.78, 5) is 0. The van der Waals surface area contributed by atoms with Crippen LogP contribution in [0.3, 0.4) is 0 Å². The summed E-state index contributed by atoms with van der Waals surface area (Å²) in [6.07, 6.45) is 3.45. The number of aliphatic hydroxyl groups excluding tert-OH is 1. The minimum atomic E-state index is 0.267. The van der Waals surface area contributed by atoms with Gasteiger partial charge in [0, 0.05) is 18.7 Å². The van der Waals surface area contributed by atoms with Crippen LogP contribution >= 0.6 is 0 Å². The van der Waals surface area contributed by atoms with E-state index in [1.54, 1.807) is 7.11 Å². The third-order valence-electron chi connectivity index (χ3n) is 3.71. The van der Waals surface area contributed by atoms with Gasteiger partial charge in [-0.1, -0.05) is 12.1 Å². The van der Waals surface area contributed by atoms with Gasteiger partial charge in [0.2, 0.25) is 0 Å². The van der Waals surface area contributed by atoms with E-state index in [4.69, 9.17) is 9.84 Å². The fourth-order valence-corrected chi connectivity index (χ4v) is 2.40. The van der Waals surface area contributed by atoms with Crippen molar-refractivity contribution in [3.63, 3.8) is 0 Å². The van der Waals surface area contributed by atoms with Gasteiger partial charge in [-0.15, -0.1) is 0 Å². The molecule has 100 valence electrons. The molecule has 0 radical (unpaired) electrons. The molecule has 1 fully saturated rings. The van der Waals surface area contributed by atoms with Crippen molar-refractivity contribution in [3.8, 4) is 5.75 Å². The maximum atomic E-state index is 9.11. The van der Waals surface area contributed by atoms with Crippen molar-refractivity contribution in [1.29, 1.82) is 0 Å². The molecule has 2 unspecified atom stereocenters. The van der Waals surface area contributed by atoms with Crippen LogP contribution in [0.25, 0.3) is 0 Å². The minimum Gasteiger partial charge on any atom is -0.497 e. The highest BCUT2D eigenvalue weighted by atomic mass is 16.5. The normalized spacial score (nSPS) is 18.4. The van der Waals surface area contributed by atoms with E-state index in [2.05, 4.69) is 24.4 Å². The second kappa shape index (κ2) is 6.21. The van der Waals surface area contributed by atoms with Crippen molar-refractivity contribution in [3.05, 3.63) is 29.8 Å². The van der Waals surface area contributed by atoms with Crippen LogP contribution in [0.5, 0.6) is 5.75 Å². The second-order valence-electron chi connectivity index (χ2n) is 5.12. The molecule has 0 saturated heterocycles. The number of methoxy groups -OCH3 is 1. The standard InChI is InChI=1S/C15H23NO2/c1-11(12-5-7-14(18-2)8-6-12)16-15(9-10-17)13-3-4-13/h5-8,11,13,15-17H,3-4,9-10H2,1-2H3. The minimum absolute atomic E-state index is 0.267. The Bertz CT molecular complexity index is 359. The number of rotatable bonds is 7. The zero-order chi connectivity index (χ0) is 13.0. The summed E-state index contributed by atoms with van der Waals surface area (Å²) in [5, 5.41) is 12.7. The van der Waals surface area contributed by atoms with Crippen LogP contribution in [-0.2, 0) is 0 Å². The largest absolute Gasteiger partial charge is 0.497 e. The molecular formula is C15H23NO2. The van der Waals surface area contributed by atoms with E-state index in [1.807, 2.05) is 12.1 Å². The first-order valence-electron chi connectivity index (χ1n) is 6.75. The summed E-state index contributed by atoms with van der Waals surface area (Å²) in [6.45, 7) is 2.44. The predicted octanol–water partition coefficient (Wildman–Crippen LogP) is 2.51. The average Bonchev–Trinajstić information content (AvgIpc) is 3.22. The first-order chi connectivity index (χ1) is 8.74. The Morgan fingerprint density at radius 1 is 1.33 bits per heavy atom. The number of nitrogens with one attached hydrogen (secondary N) is 1. The third kappa shape index (κ3) is 3.47. The van der Waals surface area contributed by atoms with Crippen LogP contribution in [0.1, 0.15) is 37.8 Å². The number of hydrogen-bond acceptors (Lipinski definition) is 3. The zero-order valence-electron chi connectivity index (χ0n) is 11.2. The Balaban J connectivity index is 1.94. The monoisotopic (exact) mass is 249 g/mol. The molecule has 2 rings (SSSR count). The van der Waals surface area contributed by atoms with Gasteiger partial charge in [0.25, 0.3) is 0 Å². The van der Waals surface area contributed by atoms with E-state index in [-0.39, 0.29) is 6.61 Å². The van der Waals surface area contributed by atoms with Gasteiger partial charge >= 0.3 is 0 Å². The van der Waals surface area contributed by atoms with Gasteiger partial charge in [-0.3, -0.25) is 0 Å². The van der Waals surface area contributed by atoms with Crippen LogP contribution in [0, 0.1) is 5.92 Å². The van der Waals surface area contributed by atoms with Crippen molar-refractivity contribution in [1.82, 2.24) is 5.32 Å². The first-order valence-corrected chi connectivity index (χ1v) is 6.75. The molecule has 1 aromatic rings. The maximum Gasteiger partial charge on any atom is 0.118 e. The molecule has 3 nitrogen and oxygen atoms in total. The Labute approximate surface area is 109 Å². The number of hydrogen-bond donors (Lipinski definition) is 2. The van der Waals surface area contributed by atoms with Crippen LogP contribution in [0.15, 0.2) is 24.3 Å². The fourth-order valence-electron chi connectivity index (χ4n) is 2.40. The van der Waals surface area contributed by atoms with Gasteiger partial charge in [0.05, 0.1) is 7.11 Å². The number of benzene rings is 1. The Kier molecular flexibility index (Phi) is 4.61. The average molecular weight is 249 g/mol. The lowest BCUT2D eigenvalue weighted by Crippen LogP contribution is -2.34. The van der Waals surface area contributed by atoms with Crippen molar-refractivity contribution >= 4 is 0 Å². The highest BCUT2D eigenvalue weighted by Gasteiger charge is 2.31. The Morgan fingerprint density at radius 3 is 2.50 bits per heavy atom. The molecule has 1 saturated carbocycles. The van der Waals surface area contributed by atoms with Crippen molar-refractivity contribution in [2.75, 3.05) is 13.7 Å². The van der Waals surface area contributed by atoms with Gasteiger partial charge in [-0.25, -0.2) is 0 Å². The molecule has 0 bridgehead atoms. The topological polar surface area (TPSA) is 41.5 Å². The van der Waals surface area contributed by atoms with E-state index in [9.17, 15) is 0 Å². The predicted molar refractivity (Wildman–Crippen MR) is 72.8 cm³/mol. The first kappa shape index (κ1) is 13.4. The fraction of sp³-hybridized carbons (Fsp3) is 0.600. The molecule has 0 aliphatic heterocycles. The smallest absolute Gasteiger partial charge is 0.118 e. The SMILES string of the molecule is COc1ccc(C(C)NC(CCO)C2CC2)cc1. The van der Waals surface area contributed by atoms with Gasteiger partial charge in [0.15, 0.2) is 0 Å². The maximum absolute atomic E-state index is 9.11. The van der Waals surface area contributed by atoms with Crippen LogP contribution in [0.2, 0.25) is 0 Å². The number of ether oxygens (including phenoxy) is 1. The lowest BCUT2D eigenvalue weighted by Gasteiger charge is -2.23. The van der Waals surface area contributed by atoms with Gasteiger partial charge in [0.1, 0.15) is 5.75 Å². The van der Waals surface area contributed by atoms with Gasteiger partial charge in [-0.2, -0.15) is 0 Å².